The summed E-state index contributed by atoms with van der Waals surface area (Å²) in [5, 5.41) is 0. The van der Waals surface area contributed by atoms with Crippen LogP contribution in [0.3, 0.4) is 0 Å². The van der Waals surface area contributed by atoms with Crippen molar-refractivity contribution in [2.75, 3.05) is 39.8 Å². The molecule has 1 unspecified atom stereocenters. The van der Waals surface area contributed by atoms with Crippen LogP contribution in [-0.2, 0) is 14.3 Å². The van der Waals surface area contributed by atoms with Crippen molar-refractivity contribution in [2.24, 2.45) is 5.92 Å². The molecule has 5 heteroatoms. The molecule has 0 N–H and O–H groups in total. The van der Waals surface area contributed by atoms with Gasteiger partial charge in [0.25, 0.3) is 0 Å². The number of likely N-dealkylation sites (tertiary alicyclic amines) is 2. The summed E-state index contributed by atoms with van der Waals surface area (Å²) < 4.78 is 4.72. The molecule has 0 spiro atoms. The zero-order valence-electron chi connectivity index (χ0n) is 12.5. The molecule has 114 valence electrons. The highest BCUT2D eigenvalue weighted by molar-refractivity contribution is 5.86. The van der Waals surface area contributed by atoms with Crippen LogP contribution >= 0.6 is 0 Å². The fourth-order valence-corrected chi connectivity index (χ4v) is 3.16. The molecule has 0 radical (unpaired) electrons. The van der Waals surface area contributed by atoms with E-state index in [4.69, 9.17) is 4.74 Å². The third kappa shape index (κ3) is 4.20. The lowest BCUT2D eigenvalue weighted by molar-refractivity contribution is -0.145. The molecule has 0 aromatic carbocycles. The number of rotatable bonds is 5. The summed E-state index contributed by atoms with van der Waals surface area (Å²) in [6, 6.07) is 0. The van der Waals surface area contributed by atoms with Gasteiger partial charge in [0, 0.05) is 19.5 Å². The lowest BCUT2D eigenvalue weighted by atomic mass is 10.1. The average Bonchev–Trinajstić information content (AvgIpc) is 2.67. The second-order valence-corrected chi connectivity index (χ2v) is 5.87. The SMILES string of the molecule is COC(=O)C1CC(=O)N(CCCN2CCCCCC2)C1. The Morgan fingerprint density at radius 3 is 2.55 bits per heavy atom. The molecule has 5 nitrogen and oxygen atoms in total. The summed E-state index contributed by atoms with van der Waals surface area (Å²) in [5.74, 6) is -0.421. The van der Waals surface area contributed by atoms with Crippen molar-refractivity contribution in [2.45, 2.75) is 38.5 Å². The van der Waals surface area contributed by atoms with Gasteiger partial charge in [-0.25, -0.2) is 0 Å². The topological polar surface area (TPSA) is 49.9 Å². The van der Waals surface area contributed by atoms with Gasteiger partial charge in [0.2, 0.25) is 5.91 Å². The van der Waals surface area contributed by atoms with Gasteiger partial charge in [0.05, 0.1) is 13.0 Å². The van der Waals surface area contributed by atoms with Gasteiger partial charge in [-0.05, 0) is 38.9 Å². The average molecular weight is 282 g/mol. The summed E-state index contributed by atoms with van der Waals surface area (Å²) in [4.78, 5) is 27.6. The van der Waals surface area contributed by atoms with E-state index in [-0.39, 0.29) is 17.8 Å². The van der Waals surface area contributed by atoms with Crippen molar-refractivity contribution in [3.05, 3.63) is 0 Å². The van der Waals surface area contributed by atoms with E-state index in [9.17, 15) is 9.59 Å². The zero-order chi connectivity index (χ0) is 14.4. The van der Waals surface area contributed by atoms with Crippen LogP contribution < -0.4 is 0 Å². The van der Waals surface area contributed by atoms with E-state index >= 15 is 0 Å². The molecule has 2 aliphatic rings. The molecule has 0 saturated carbocycles. The molecule has 0 aromatic rings. The van der Waals surface area contributed by atoms with Crippen molar-refractivity contribution in [3.8, 4) is 0 Å². The number of hydrogen-bond donors (Lipinski definition) is 0. The van der Waals surface area contributed by atoms with E-state index in [1.807, 2.05) is 4.90 Å². The summed E-state index contributed by atoms with van der Waals surface area (Å²) in [6.45, 7) is 4.75. The maximum atomic E-state index is 11.8. The highest BCUT2D eigenvalue weighted by Gasteiger charge is 2.34. The van der Waals surface area contributed by atoms with Crippen LogP contribution in [0.25, 0.3) is 0 Å². The van der Waals surface area contributed by atoms with E-state index in [2.05, 4.69) is 4.90 Å². The predicted octanol–water partition coefficient (Wildman–Crippen LogP) is 1.27. The number of carbonyl (C=O) groups is 2. The van der Waals surface area contributed by atoms with Crippen LogP contribution in [0, 0.1) is 5.92 Å². The standard InChI is InChI=1S/C15H26N2O3/c1-20-15(19)13-11-14(18)17(12-13)10-6-9-16-7-4-2-3-5-8-16/h13H,2-12H2,1H3. The molecule has 2 fully saturated rings. The molecule has 0 aliphatic carbocycles. The number of esters is 1. The minimum Gasteiger partial charge on any atom is -0.469 e. The molecule has 20 heavy (non-hydrogen) atoms. The highest BCUT2D eigenvalue weighted by Crippen LogP contribution is 2.19. The number of methoxy groups -OCH3 is 1. The Kier molecular flexibility index (Phi) is 5.83. The van der Waals surface area contributed by atoms with Crippen LogP contribution in [0.1, 0.15) is 38.5 Å². The molecule has 2 heterocycles. The first-order valence-corrected chi connectivity index (χ1v) is 7.78. The van der Waals surface area contributed by atoms with Crippen molar-refractivity contribution in [1.29, 1.82) is 0 Å². The molecule has 1 atom stereocenters. The first-order chi connectivity index (χ1) is 9.70. The Balaban J connectivity index is 1.68. The van der Waals surface area contributed by atoms with Crippen LogP contribution in [-0.4, -0.2) is 61.5 Å². The fourth-order valence-electron chi connectivity index (χ4n) is 3.16. The van der Waals surface area contributed by atoms with Crippen LogP contribution in [0.2, 0.25) is 0 Å². The van der Waals surface area contributed by atoms with E-state index in [0.29, 0.717) is 13.0 Å². The molecule has 1 amide bonds. The second-order valence-electron chi connectivity index (χ2n) is 5.87. The van der Waals surface area contributed by atoms with Crippen LogP contribution in [0.5, 0.6) is 0 Å². The van der Waals surface area contributed by atoms with Crippen LogP contribution in [0.4, 0.5) is 0 Å². The molecule has 0 bridgehead atoms. The Morgan fingerprint density at radius 2 is 1.90 bits per heavy atom. The lowest BCUT2D eigenvalue weighted by Crippen LogP contribution is -2.32. The Bertz CT molecular complexity index is 338. The minimum atomic E-state index is -0.259. The van der Waals surface area contributed by atoms with Gasteiger partial charge in [0.15, 0.2) is 0 Å². The first kappa shape index (κ1) is 15.3. The fraction of sp³-hybridized carbons (Fsp3) is 0.867. The van der Waals surface area contributed by atoms with Gasteiger partial charge in [-0.2, -0.15) is 0 Å². The quantitative estimate of drug-likeness (QED) is 0.713. The number of ether oxygens (including phenoxy) is 1. The van der Waals surface area contributed by atoms with Gasteiger partial charge < -0.3 is 14.5 Å². The molecular weight excluding hydrogens is 256 g/mol. The van der Waals surface area contributed by atoms with Crippen molar-refractivity contribution in [3.63, 3.8) is 0 Å². The lowest BCUT2D eigenvalue weighted by Gasteiger charge is -2.22. The zero-order valence-corrected chi connectivity index (χ0v) is 12.5. The number of amides is 1. The Hall–Kier alpha value is -1.10. The number of carbonyl (C=O) groups excluding carboxylic acids is 2. The summed E-state index contributed by atoms with van der Waals surface area (Å²) in [7, 11) is 1.38. The first-order valence-electron chi connectivity index (χ1n) is 7.78. The van der Waals surface area contributed by atoms with E-state index in [1.54, 1.807) is 0 Å². The Labute approximate surface area is 121 Å². The molecule has 0 aromatic heterocycles. The monoisotopic (exact) mass is 282 g/mol. The third-order valence-electron chi connectivity index (χ3n) is 4.35. The number of nitrogens with zero attached hydrogens (tertiary/aromatic N) is 2. The van der Waals surface area contributed by atoms with Gasteiger partial charge in [0.1, 0.15) is 0 Å². The molecular formula is C15H26N2O3. The van der Waals surface area contributed by atoms with Gasteiger partial charge in [-0.3, -0.25) is 9.59 Å². The van der Waals surface area contributed by atoms with E-state index in [0.717, 1.165) is 19.5 Å². The van der Waals surface area contributed by atoms with Gasteiger partial charge in [-0.1, -0.05) is 12.8 Å². The van der Waals surface area contributed by atoms with Gasteiger partial charge >= 0.3 is 5.97 Å². The van der Waals surface area contributed by atoms with E-state index < -0.39 is 0 Å². The number of hydrogen-bond acceptors (Lipinski definition) is 4. The summed E-state index contributed by atoms with van der Waals surface area (Å²) in [5.41, 5.74) is 0. The Morgan fingerprint density at radius 1 is 1.20 bits per heavy atom. The second kappa shape index (κ2) is 7.62. The maximum Gasteiger partial charge on any atom is 0.310 e. The summed E-state index contributed by atoms with van der Waals surface area (Å²) >= 11 is 0. The smallest absolute Gasteiger partial charge is 0.310 e. The normalized spacial score (nSPS) is 24.8. The molecule has 2 aliphatic heterocycles. The maximum absolute atomic E-state index is 11.8. The minimum absolute atomic E-state index is 0.0938. The van der Waals surface area contributed by atoms with Gasteiger partial charge in [-0.15, -0.1) is 0 Å². The van der Waals surface area contributed by atoms with Crippen LogP contribution in [0.15, 0.2) is 0 Å². The largest absolute Gasteiger partial charge is 0.469 e. The van der Waals surface area contributed by atoms with E-state index in [1.165, 1.54) is 45.9 Å². The van der Waals surface area contributed by atoms with Crippen molar-refractivity contribution >= 4 is 11.9 Å². The molecule has 2 saturated heterocycles. The summed E-state index contributed by atoms with van der Waals surface area (Å²) in [6.07, 6.45) is 6.61. The highest BCUT2D eigenvalue weighted by atomic mass is 16.5. The van der Waals surface area contributed by atoms with Crippen molar-refractivity contribution in [1.82, 2.24) is 9.80 Å². The third-order valence-corrected chi connectivity index (χ3v) is 4.35. The molecule has 2 rings (SSSR count). The van der Waals surface area contributed by atoms with Crippen molar-refractivity contribution < 1.29 is 14.3 Å². The predicted molar refractivity (Wildman–Crippen MR) is 76.2 cm³/mol.